The third kappa shape index (κ3) is 5.98. The summed E-state index contributed by atoms with van der Waals surface area (Å²) in [5.74, 6) is 1.24. The number of pyridine rings is 1. The average molecular weight is 484 g/mol. The Labute approximate surface area is 204 Å². The molecule has 5 nitrogen and oxygen atoms in total. The van der Waals surface area contributed by atoms with Gasteiger partial charge in [-0.1, -0.05) is 48.3 Å². The van der Waals surface area contributed by atoms with Gasteiger partial charge in [0.1, 0.15) is 5.75 Å². The van der Waals surface area contributed by atoms with Crippen molar-refractivity contribution in [2.45, 2.75) is 19.8 Å². The smallest absolute Gasteiger partial charge is 0.324 e. The van der Waals surface area contributed by atoms with Crippen LogP contribution in [0.15, 0.2) is 67.0 Å². The summed E-state index contributed by atoms with van der Waals surface area (Å²) < 4.78 is 5.91. The van der Waals surface area contributed by atoms with Crippen molar-refractivity contribution in [1.29, 1.82) is 0 Å². The number of nitrogens with zero attached hydrogens (tertiary/aromatic N) is 3. The molecule has 2 amide bonds. The van der Waals surface area contributed by atoms with Crippen molar-refractivity contribution in [3.63, 3.8) is 0 Å². The van der Waals surface area contributed by atoms with E-state index in [1.54, 1.807) is 18.5 Å². The van der Waals surface area contributed by atoms with Crippen LogP contribution in [0, 0.1) is 5.92 Å². The van der Waals surface area contributed by atoms with E-state index in [9.17, 15) is 4.79 Å². The number of carbonyl (C=O) groups is 1. The van der Waals surface area contributed by atoms with Gasteiger partial charge in [-0.25, -0.2) is 4.79 Å². The summed E-state index contributed by atoms with van der Waals surface area (Å²) in [6.07, 6.45) is 5.36. The third-order valence-electron chi connectivity index (χ3n) is 5.81. The van der Waals surface area contributed by atoms with Crippen LogP contribution in [0.4, 0.5) is 10.5 Å². The summed E-state index contributed by atoms with van der Waals surface area (Å²) in [5.41, 5.74) is 2.87. The Morgan fingerprint density at radius 3 is 2.52 bits per heavy atom. The zero-order valence-electron chi connectivity index (χ0n) is 18.6. The highest BCUT2D eigenvalue weighted by Crippen LogP contribution is 2.31. The lowest BCUT2D eigenvalue weighted by Crippen LogP contribution is -2.34. The van der Waals surface area contributed by atoms with Crippen LogP contribution in [-0.4, -0.2) is 42.2 Å². The quantitative estimate of drug-likeness (QED) is 0.314. The number of benzene rings is 2. The number of aromatic nitrogens is 1. The molecule has 1 fully saturated rings. The summed E-state index contributed by atoms with van der Waals surface area (Å²) in [6, 6.07) is 17.2. The first-order valence-electron chi connectivity index (χ1n) is 11.2. The highest BCUT2D eigenvalue weighted by molar-refractivity contribution is 6.36. The van der Waals surface area contributed by atoms with E-state index < -0.39 is 0 Å². The fourth-order valence-electron chi connectivity index (χ4n) is 4.06. The first kappa shape index (κ1) is 23.4. The van der Waals surface area contributed by atoms with Gasteiger partial charge >= 0.3 is 6.03 Å². The van der Waals surface area contributed by atoms with E-state index in [2.05, 4.69) is 11.9 Å². The van der Waals surface area contributed by atoms with Crippen LogP contribution in [0.2, 0.25) is 10.0 Å². The van der Waals surface area contributed by atoms with Crippen molar-refractivity contribution in [2.75, 3.05) is 31.1 Å². The molecule has 0 spiro atoms. The molecule has 1 aliphatic rings. The molecule has 0 aliphatic carbocycles. The van der Waals surface area contributed by atoms with Gasteiger partial charge in [-0.05, 0) is 60.7 Å². The minimum absolute atomic E-state index is 0.0742. The predicted octanol–water partition coefficient (Wildman–Crippen LogP) is 6.79. The number of rotatable bonds is 9. The summed E-state index contributed by atoms with van der Waals surface area (Å²) in [5, 5.41) is 1.25. The Bertz CT molecular complexity index is 1080. The molecule has 2 aromatic carbocycles. The number of carbonyl (C=O) groups excluding carboxylic acids is 1. The molecular weight excluding hydrogens is 457 g/mol. The van der Waals surface area contributed by atoms with Crippen molar-refractivity contribution in [3.05, 3.63) is 77.0 Å². The molecule has 1 aromatic heterocycles. The van der Waals surface area contributed by atoms with Gasteiger partial charge in [-0.2, -0.15) is 0 Å². The summed E-state index contributed by atoms with van der Waals surface area (Å²) >= 11 is 12.3. The van der Waals surface area contributed by atoms with Gasteiger partial charge in [-0.3, -0.25) is 9.88 Å². The highest BCUT2D eigenvalue weighted by Gasteiger charge is 2.30. The number of ether oxygens (including phenoxy) is 1. The monoisotopic (exact) mass is 483 g/mol. The molecule has 3 aromatic rings. The van der Waals surface area contributed by atoms with Gasteiger partial charge in [0, 0.05) is 53.3 Å². The number of halogens is 2. The summed E-state index contributed by atoms with van der Waals surface area (Å²) in [7, 11) is 0. The Hall–Kier alpha value is -2.76. The maximum Gasteiger partial charge on any atom is 0.324 e. The Morgan fingerprint density at radius 1 is 1.03 bits per heavy atom. The van der Waals surface area contributed by atoms with Crippen LogP contribution in [0.1, 0.15) is 19.8 Å². The Morgan fingerprint density at radius 2 is 1.79 bits per heavy atom. The fraction of sp³-hybridized carbons (Fsp3) is 0.308. The molecule has 1 unspecified atom stereocenters. The average Bonchev–Trinajstić information content (AvgIpc) is 3.18. The molecule has 1 aliphatic heterocycles. The zero-order valence-corrected chi connectivity index (χ0v) is 20.1. The molecule has 4 rings (SSSR count). The molecule has 0 bridgehead atoms. The standard InChI is InChI=1S/C26H27Cl2N3O2/c1-19(18-30-14-15-31(26(30)32)22-10-12-29-13-11-22)3-2-16-33-23-7-4-20(5-8-23)24-9-6-21(27)17-25(24)28/h4-13,17,19H,2-3,14-16,18H2,1H3. The highest BCUT2D eigenvalue weighted by atomic mass is 35.5. The number of urea groups is 1. The van der Waals surface area contributed by atoms with Crippen molar-refractivity contribution < 1.29 is 9.53 Å². The molecule has 33 heavy (non-hydrogen) atoms. The summed E-state index contributed by atoms with van der Waals surface area (Å²) in [6.45, 7) is 5.06. The molecule has 0 saturated carbocycles. The maximum atomic E-state index is 12.7. The molecule has 7 heteroatoms. The van der Waals surface area contributed by atoms with Crippen molar-refractivity contribution in [3.8, 4) is 16.9 Å². The Balaban J connectivity index is 1.20. The molecule has 1 atom stereocenters. The van der Waals surface area contributed by atoms with Crippen molar-refractivity contribution in [2.24, 2.45) is 5.92 Å². The molecule has 2 heterocycles. The van der Waals surface area contributed by atoms with E-state index in [-0.39, 0.29) is 6.03 Å². The van der Waals surface area contributed by atoms with Crippen LogP contribution < -0.4 is 9.64 Å². The van der Waals surface area contributed by atoms with Crippen LogP contribution in [-0.2, 0) is 0 Å². The second-order valence-electron chi connectivity index (χ2n) is 8.33. The summed E-state index contributed by atoms with van der Waals surface area (Å²) in [4.78, 5) is 20.5. The normalized spacial score (nSPS) is 14.6. The van der Waals surface area contributed by atoms with Crippen LogP contribution >= 0.6 is 23.2 Å². The van der Waals surface area contributed by atoms with Gasteiger partial charge < -0.3 is 9.64 Å². The van der Waals surface area contributed by atoms with E-state index >= 15 is 0 Å². The molecule has 172 valence electrons. The minimum atomic E-state index is 0.0742. The first-order chi connectivity index (χ1) is 16.0. The minimum Gasteiger partial charge on any atom is -0.494 e. The second-order valence-corrected chi connectivity index (χ2v) is 9.17. The van der Waals surface area contributed by atoms with Crippen molar-refractivity contribution >= 4 is 34.9 Å². The van der Waals surface area contributed by atoms with Gasteiger partial charge in [0.15, 0.2) is 0 Å². The van der Waals surface area contributed by atoms with E-state index in [0.29, 0.717) is 22.6 Å². The molecule has 0 N–H and O–H groups in total. The number of anilines is 1. The van der Waals surface area contributed by atoms with Gasteiger partial charge in [0.25, 0.3) is 0 Å². The Kier molecular flexibility index (Phi) is 7.73. The van der Waals surface area contributed by atoms with E-state index in [4.69, 9.17) is 27.9 Å². The fourth-order valence-corrected chi connectivity index (χ4v) is 4.58. The van der Waals surface area contributed by atoms with Gasteiger partial charge in [0.2, 0.25) is 0 Å². The largest absolute Gasteiger partial charge is 0.494 e. The lowest BCUT2D eigenvalue weighted by atomic mass is 10.1. The lowest BCUT2D eigenvalue weighted by Gasteiger charge is -2.22. The SMILES string of the molecule is CC(CCCOc1ccc(-c2ccc(Cl)cc2Cl)cc1)CN1CCN(c2ccncc2)C1=O. The number of hydrogen-bond acceptors (Lipinski definition) is 3. The second kappa shape index (κ2) is 10.9. The topological polar surface area (TPSA) is 45.7 Å². The van der Waals surface area contributed by atoms with Gasteiger partial charge in [0.05, 0.1) is 6.61 Å². The van der Waals surface area contributed by atoms with E-state index in [1.807, 2.05) is 58.3 Å². The van der Waals surface area contributed by atoms with Crippen LogP contribution in [0.25, 0.3) is 11.1 Å². The maximum absolute atomic E-state index is 12.7. The van der Waals surface area contributed by atoms with Crippen LogP contribution in [0.5, 0.6) is 5.75 Å². The molecular formula is C26H27Cl2N3O2. The molecule has 0 radical (unpaired) electrons. The number of hydrogen-bond donors (Lipinski definition) is 0. The third-order valence-corrected chi connectivity index (χ3v) is 6.36. The number of amides is 2. The zero-order chi connectivity index (χ0) is 23.2. The predicted molar refractivity (Wildman–Crippen MR) is 134 cm³/mol. The lowest BCUT2D eigenvalue weighted by molar-refractivity contribution is 0.209. The molecule has 1 saturated heterocycles. The van der Waals surface area contributed by atoms with E-state index in [1.165, 1.54) is 0 Å². The first-order valence-corrected chi connectivity index (χ1v) is 11.9. The van der Waals surface area contributed by atoms with Crippen LogP contribution in [0.3, 0.4) is 0 Å². The van der Waals surface area contributed by atoms with Gasteiger partial charge in [-0.15, -0.1) is 0 Å². The van der Waals surface area contributed by atoms with E-state index in [0.717, 1.165) is 55.0 Å². The van der Waals surface area contributed by atoms with Crippen molar-refractivity contribution in [1.82, 2.24) is 9.88 Å².